The summed E-state index contributed by atoms with van der Waals surface area (Å²) in [5.74, 6) is -1.32. The number of benzene rings is 2. The summed E-state index contributed by atoms with van der Waals surface area (Å²) in [5, 5.41) is 12.9. The lowest BCUT2D eigenvalue weighted by Crippen LogP contribution is -2.52. The molecule has 50 heavy (non-hydrogen) atoms. The predicted molar refractivity (Wildman–Crippen MR) is 190 cm³/mol. The Labute approximate surface area is 294 Å². The number of rotatable bonds is 12. The quantitative estimate of drug-likeness (QED) is 0.212. The molecule has 1 aromatic heterocycles. The van der Waals surface area contributed by atoms with Crippen molar-refractivity contribution in [2.45, 2.75) is 84.5 Å². The minimum Gasteiger partial charge on any atom is -0.478 e. The number of anilines is 1. The molecule has 0 unspecified atom stereocenters. The van der Waals surface area contributed by atoms with Gasteiger partial charge in [0.1, 0.15) is 12.2 Å². The smallest absolute Gasteiger partial charge is 0.410 e. The van der Waals surface area contributed by atoms with Crippen LogP contribution in [0.15, 0.2) is 53.4 Å². The van der Waals surface area contributed by atoms with Gasteiger partial charge in [-0.1, -0.05) is 45.0 Å². The fourth-order valence-corrected chi connectivity index (χ4v) is 6.60. The number of carbonyl (C=O) groups is 2. The number of carboxylic acids is 1. The van der Waals surface area contributed by atoms with E-state index in [2.05, 4.69) is 40.8 Å². The molecule has 3 N–H and O–H groups in total. The number of hydrogen-bond donors (Lipinski definition) is 3. The van der Waals surface area contributed by atoms with Gasteiger partial charge in [-0.05, 0) is 75.8 Å². The van der Waals surface area contributed by atoms with E-state index in [4.69, 9.17) is 14.2 Å². The van der Waals surface area contributed by atoms with Crippen LogP contribution in [0.2, 0.25) is 0 Å². The first-order valence-electron chi connectivity index (χ1n) is 16.6. The number of hydrogen-bond acceptors (Lipinski definition) is 10. The highest BCUT2D eigenvalue weighted by molar-refractivity contribution is 7.92. The third-order valence-corrected chi connectivity index (χ3v) is 9.10. The van der Waals surface area contributed by atoms with Gasteiger partial charge in [0.05, 0.1) is 35.4 Å². The number of morpholine rings is 1. The Morgan fingerprint density at radius 1 is 1.04 bits per heavy atom. The fourth-order valence-electron chi connectivity index (χ4n) is 5.61. The molecular formula is C36H49N5O8S. The summed E-state index contributed by atoms with van der Waals surface area (Å²) < 4.78 is 47.0. The highest BCUT2D eigenvalue weighted by Gasteiger charge is 2.29. The van der Waals surface area contributed by atoms with Crippen molar-refractivity contribution in [3.05, 3.63) is 65.2 Å². The van der Waals surface area contributed by atoms with Gasteiger partial charge in [0, 0.05) is 30.8 Å². The Hall–Kier alpha value is -4.27. The van der Waals surface area contributed by atoms with E-state index in [0.717, 1.165) is 29.2 Å². The Balaban J connectivity index is 1.57. The molecule has 272 valence electrons. The normalized spacial score (nSPS) is 16.1. The van der Waals surface area contributed by atoms with Crippen LogP contribution in [-0.2, 0) is 19.5 Å². The monoisotopic (exact) mass is 711 g/mol. The van der Waals surface area contributed by atoms with Crippen LogP contribution in [0.25, 0.3) is 11.3 Å². The van der Waals surface area contributed by atoms with Crippen LogP contribution in [-0.4, -0.2) is 91.0 Å². The fraction of sp³-hybridized carbons (Fsp3) is 0.500. The maximum Gasteiger partial charge on any atom is 0.410 e. The minimum absolute atomic E-state index is 0.0720. The Morgan fingerprint density at radius 2 is 1.72 bits per heavy atom. The highest BCUT2D eigenvalue weighted by Crippen LogP contribution is 2.30. The Kier molecular flexibility index (Phi) is 12.1. The number of nitrogens with one attached hydrogen (secondary N) is 2. The average molecular weight is 712 g/mol. The lowest BCUT2D eigenvalue weighted by Gasteiger charge is -2.35. The topological polar surface area (TPSA) is 169 Å². The van der Waals surface area contributed by atoms with Crippen molar-refractivity contribution >= 4 is 28.0 Å². The first-order valence-corrected chi connectivity index (χ1v) is 18.1. The summed E-state index contributed by atoms with van der Waals surface area (Å²) in [6, 6.07) is 12.4. The highest BCUT2D eigenvalue weighted by atomic mass is 32.2. The maximum absolute atomic E-state index is 13.4. The van der Waals surface area contributed by atoms with E-state index >= 15 is 0 Å². The third kappa shape index (κ3) is 11.1. The molecule has 0 saturated carbocycles. The lowest BCUT2D eigenvalue weighted by atomic mass is 9.88. The second-order valence-corrected chi connectivity index (χ2v) is 16.4. The molecule has 1 fully saturated rings. The van der Waals surface area contributed by atoms with Gasteiger partial charge in [0.15, 0.2) is 0 Å². The number of sulfonamides is 1. The van der Waals surface area contributed by atoms with Gasteiger partial charge >= 0.3 is 12.1 Å². The summed E-state index contributed by atoms with van der Waals surface area (Å²) in [6.45, 7) is 17.6. The van der Waals surface area contributed by atoms with Crippen LogP contribution in [0.4, 0.5) is 10.7 Å². The van der Waals surface area contributed by atoms with Crippen LogP contribution in [0.5, 0.6) is 5.88 Å². The van der Waals surface area contributed by atoms with Gasteiger partial charge < -0.3 is 29.5 Å². The van der Waals surface area contributed by atoms with Gasteiger partial charge in [-0.25, -0.2) is 27.7 Å². The number of nitrogens with zero attached hydrogens (tertiary/aromatic N) is 3. The van der Waals surface area contributed by atoms with Gasteiger partial charge in [-0.3, -0.25) is 0 Å². The van der Waals surface area contributed by atoms with Crippen LogP contribution < -0.4 is 14.8 Å². The molecule has 14 heteroatoms. The molecule has 2 heterocycles. The molecule has 13 nitrogen and oxygen atoms in total. The zero-order chi connectivity index (χ0) is 36.9. The van der Waals surface area contributed by atoms with E-state index in [9.17, 15) is 23.1 Å². The molecule has 4 rings (SSSR count). The molecule has 0 bridgehead atoms. The van der Waals surface area contributed by atoms with Crippen molar-refractivity contribution in [3.63, 3.8) is 0 Å². The van der Waals surface area contributed by atoms with Gasteiger partial charge in [0.25, 0.3) is 10.0 Å². The second-order valence-electron chi connectivity index (χ2n) is 14.7. The molecule has 2 aromatic carbocycles. The maximum atomic E-state index is 13.4. The summed E-state index contributed by atoms with van der Waals surface area (Å²) in [7, 11) is -4.26. The van der Waals surface area contributed by atoms with Gasteiger partial charge in [-0.2, -0.15) is 4.98 Å². The number of aryl methyl sites for hydroxylation is 2. The summed E-state index contributed by atoms with van der Waals surface area (Å²) in [6.07, 6.45) is 0.0999. The zero-order valence-electron chi connectivity index (χ0n) is 30.1. The molecule has 1 saturated heterocycles. The molecular weight excluding hydrogens is 662 g/mol. The lowest BCUT2D eigenvalue weighted by molar-refractivity contribution is -0.0423. The van der Waals surface area contributed by atoms with E-state index in [0.29, 0.717) is 31.9 Å². The van der Waals surface area contributed by atoms with Crippen LogP contribution in [0, 0.1) is 19.3 Å². The van der Waals surface area contributed by atoms with Crippen molar-refractivity contribution in [1.29, 1.82) is 0 Å². The van der Waals surface area contributed by atoms with Crippen LogP contribution in [0.3, 0.4) is 0 Å². The number of carbonyl (C=O) groups excluding carboxylic acids is 1. The van der Waals surface area contributed by atoms with Crippen LogP contribution >= 0.6 is 0 Å². The van der Waals surface area contributed by atoms with Crippen molar-refractivity contribution in [2.75, 3.05) is 37.6 Å². The summed E-state index contributed by atoms with van der Waals surface area (Å²) >= 11 is 0. The predicted octanol–water partition coefficient (Wildman–Crippen LogP) is 5.67. The molecule has 1 aliphatic heterocycles. The number of aromatic nitrogens is 2. The average Bonchev–Trinajstić information content (AvgIpc) is 3.01. The third-order valence-electron chi connectivity index (χ3n) is 7.77. The molecule has 3 aromatic rings. The van der Waals surface area contributed by atoms with Crippen molar-refractivity contribution in [2.24, 2.45) is 5.41 Å². The minimum atomic E-state index is -4.26. The summed E-state index contributed by atoms with van der Waals surface area (Å²) in [4.78, 5) is 34.6. The number of ether oxygens (including phenoxy) is 3. The molecule has 1 amide bonds. The van der Waals surface area contributed by atoms with Gasteiger partial charge in [-0.15, -0.1) is 0 Å². The number of amides is 1. The van der Waals surface area contributed by atoms with Crippen molar-refractivity contribution in [1.82, 2.24) is 20.2 Å². The van der Waals surface area contributed by atoms with E-state index < -0.39 is 21.6 Å². The largest absolute Gasteiger partial charge is 0.478 e. The first kappa shape index (κ1) is 38.5. The number of aromatic carboxylic acids is 1. The van der Waals surface area contributed by atoms with Crippen LogP contribution in [0.1, 0.15) is 69.4 Å². The molecule has 0 aliphatic carbocycles. The Morgan fingerprint density at radius 3 is 2.36 bits per heavy atom. The standard InChI is InChI=1S/C36H49N5O8S/c1-23-11-9-12-24(2)31(23)29-18-30(39-33(38-29)40-50(45,46)28-14-10-13-25(17-28)32(42)43)48-22-26(19-35(3,4)5)37-20-27-21-41(15-16-47-27)34(44)49-36(6,7)8/h9-14,17-18,26-27,37H,15-16,19-22H2,1-8H3,(H,42,43)(H,38,39,40)/t26-,27-/m1/s1. The van der Waals surface area contributed by atoms with Crippen molar-refractivity contribution < 1.29 is 37.3 Å². The van der Waals surface area contributed by atoms with E-state index in [1.165, 1.54) is 18.2 Å². The molecule has 0 radical (unpaired) electrons. The molecule has 1 aliphatic rings. The van der Waals surface area contributed by atoms with Gasteiger partial charge in [0.2, 0.25) is 11.8 Å². The first-order chi connectivity index (χ1) is 23.3. The zero-order valence-corrected chi connectivity index (χ0v) is 30.9. The van der Waals surface area contributed by atoms with E-state index in [1.807, 2.05) is 52.8 Å². The van der Waals surface area contributed by atoms with Crippen molar-refractivity contribution in [3.8, 4) is 17.1 Å². The molecule has 2 atom stereocenters. The summed E-state index contributed by atoms with van der Waals surface area (Å²) in [5.41, 5.74) is 2.29. The SMILES string of the molecule is Cc1cccc(C)c1-c1cc(OC[C@@H](CC(C)(C)C)NC[C@@H]2CN(C(=O)OC(C)(C)C)CCO2)nc(NS(=O)(=O)c2cccc(C(=O)O)c2)n1. The Bertz CT molecular complexity index is 1770. The van der Waals surface area contributed by atoms with E-state index in [-0.39, 0.29) is 52.5 Å². The molecule has 0 spiro atoms. The van der Waals surface area contributed by atoms with E-state index in [1.54, 1.807) is 11.0 Å². The number of carboxylic acid groups (broad SMARTS) is 1. The second kappa shape index (κ2) is 15.7.